The Morgan fingerprint density at radius 2 is 1.93 bits per heavy atom. The molecule has 1 saturated heterocycles. The Hall–Kier alpha value is -1.83. The SMILES string of the molecule is CCCCCN1CC[C@H](CCOc2ccc(Cl)c(C)c2)[C@@H](OC)C1.O=C(O)C(=O)O. The Kier molecular flexibility index (Phi) is 12.4. The summed E-state index contributed by atoms with van der Waals surface area (Å²) in [6.45, 7) is 8.46. The van der Waals surface area contributed by atoms with Gasteiger partial charge in [0, 0.05) is 18.7 Å². The molecule has 1 aliphatic rings. The number of benzene rings is 1. The predicted molar refractivity (Wildman–Crippen MR) is 116 cm³/mol. The largest absolute Gasteiger partial charge is 0.494 e. The second-order valence-electron chi connectivity index (χ2n) is 7.49. The Labute approximate surface area is 183 Å². The van der Waals surface area contributed by atoms with Crippen molar-refractivity contribution < 1.29 is 29.3 Å². The van der Waals surface area contributed by atoms with Crippen molar-refractivity contribution in [2.24, 2.45) is 5.92 Å². The lowest BCUT2D eigenvalue weighted by Crippen LogP contribution is -2.45. The number of rotatable bonds is 9. The zero-order valence-electron chi connectivity index (χ0n) is 18.1. The highest BCUT2D eigenvalue weighted by atomic mass is 35.5. The molecule has 0 aromatic heterocycles. The molecular weight excluding hydrogens is 410 g/mol. The minimum Gasteiger partial charge on any atom is -0.494 e. The number of likely N-dealkylation sites (tertiary alicyclic amines) is 1. The van der Waals surface area contributed by atoms with E-state index >= 15 is 0 Å². The van der Waals surface area contributed by atoms with Gasteiger partial charge in [-0.25, -0.2) is 9.59 Å². The normalized spacial score (nSPS) is 18.9. The van der Waals surface area contributed by atoms with Crippen LogP contribution in [0.2, 0.25) is 5.02 Å². The lowest BCUT2D eigenvalue weighted by molar-refractivity contribution is -0.159. The van der Waals surface area contributed by atoms with Gasteiger partial charge in [0.15, 0.2) is 0 Å². The van der Waals surface area contributed by atoms with Gasteiger partial charge < -0.3 is 24.6 Å². The number of hydrogen-bond acceptors (Lipinski definition) is 5. The highest BCUT2D eigenvalue weighted by molar-refractivity contribution is 6.31. The van der Waals surface area contributed by atoms with Crippen molar-refractivity contribution in [1.29, 1.82) is 0 Å². The van der Waals surface area contributed by atoms with Gasteiger partial charge in [0.1, 0.15) is 5.75 Å². The number of ether oxygens (including phenoxy) is 2. The van der Waals surface area contributed by atoms with Crippen molar-refractivity contribution in [3.8, 4) is 5.75 Å². The summed E-state index contributed by atoms with van der Waals surface area (Å²) in [4.78, 5) is 20.8. The number of carboxylic acid groups (broad SMARTS) is 2. The average molecular weight is 444 g/mol. The van der Waals surface area contributed by atoms with Crippen LogP contribution in [0, 0.1) is 12.8 Å². The number of hydrogen-bond donors (Lipinski definition) is 2. The molecule has 0 spiro atoms. The molecule has 0 saturated carbocycles. The Morgan fingerprint density at radius 3 is 2.50 bits per heavy atom. The van der Waals surface area contributed by atoms with Crippen molar-refractivity contribution in [2.75, 3.05) is 33.4 Å². The minimum atomic E-state index is -1.82. The number of carboxylic acids is 2. The summed E-state index contributed by atoms with van der Waals surface area (Å²) in [5.74, 6) is -2.15. The van der Waals surface area contributed by atoms with Gasteiger partial charge in [-0.3, -0.25) is 0 Å². The Balaban J connectivity index is 0.000000656. The topological polar surface area (TPSA) is 96.3 Å². The molecule has 2 rings (SSSR count). The van der Waals surface area contributed by atoms with Crippen LogP contribution in [-0.4, -0.2) is 66.5 Å². The van der Waals surface area contributed by atoms with Gasteiger partial charge in [0.2, 0.25) is 0 Å². The van der Waals surface area contributed by atoms with Crippen molar-refractivity contribution in [2.45, 2.75) is 52.1 Å². The predicted octanol–water partition coefficient (Wildman–Crippen LogP) is 4.10. The Morgan fingerprint density at radius 1 is 1.23 bits per heavy atom. The molecule has 30 heavy (non-hydrogen) atoms. The van der Waals surface area contributed by atoms with E-state index in [9.17, 15) is 0 Å². The number of unbranched alkanes of at least 4 members (excludes halogenated alkanes) is 2. The van der Waals surface area contributed by atoms with Gasteiger partial charge in [0.05, 0.1) is 12.7 Å². The lowest BCUT2D eigenvalue weighted by atomic mass is 9.90. The van der Waals surface area contributed by atoms with Gasteiger partial charge in [0.25, 0.3) is 0 Å². The van der Waals surface area contributed by atoms with E-state index in [1.807, 2.05) is 32.2 Å². The third kappa shape index (κ3) is 9.78. The molecular formula is C22H34ClNO6. The zero-order valence-corrected chi connectivity index (χ0v) is 18.9. The summed E-state index contributed by atoms with van der Waals surface area (Å²) in [5, 5.41) is 15.6. The van der Waals surface area contributed by atoms with Crippen LogP contribution in [0.4, 0.5) is 0 Å². The lowest BCUT2D eigenvalue weighted by Gasteiger charge is -2.37. The number of aliphatic carboxylic acids is 2. The summed E-state index contributed by atoms with van der Waals surface area (Å²) < 4.78 is 11.7. The van der Waals surface area contributed by atoms with Gasteiger partial charge in [-0.05, 0) is 69.0 Å². The van der Waals surface area contributed by atoms with E-state index in [0.717, 1.165) is 35.9 Å². The first kappa shape index (κ1) is 26.2. The fraction of sp³-hybridized carbons (Fsp3) is 0.636. The van der Waals surface area contributed by atoms with E-state index < -0.39 is 11.9 Å². The van der Waals surface area contributed by atoms with E-state index in [1.165, 1.54) is 38.8 Å². The summed E-state index contributed by atoms with van der Waals surface area (Å²) in [7, 11) is 1.84. The van der Waals surface area contributed by atoms with Crippen LogP contribution in [0.3, 0.4) is 0 Å². The van der Waals surface area contributed by atoms with Gasteiger partial charge in [-0.15, -0.1) is 0 Å². The first-order valence-electron chi connectivity index (χ1n) is 10.4. The molecule has 1 heterocycles. The molecule has 2 N–H and O–H groups in total. The Bertz CT molecular complexity index is 657. The van der Waals surface area contributed by atoms with E-state index in [2.05, 4.69) is 11.8 Å². The van der Waals surface area contributed by atoms with Crippen LogP contribution < -0.4 is 4.74 Å². The molecule has 1 aromatic rings. The molecule has 0 aliphatic carbocycles. The number of piperidine rings is 1. The van der Waals surface area contributed by atoms with Crippen molar-refractivity contribution >= 4 is 23.5 Å². The fourth-order valence-corrected chi connectivity index (χ4v) is 3.57. The van der Waals surface area contributed by atoms with E-state index in [4.69, 9.17) is 40.9 Å². The van der Waals surface area contributed by atoms with Crippen LogP contribution in [0.15, 0.2) is 18.2 Å². The number of nitrogens with zero attached hydrogens (tertiary/aromatic N) is 1. The second kappa shape index (κ2) is 14.2. The summed E-state index contributed by atoms with van der Waals surface area (Å²) in [6, 6.07) is 5.85. The molecule has 8 heteroatoms. The van der Waals surface area contributed by atoms with Crippen LogP contribution in [0.1, 0.15) is 44.6 Å². The maximum absolute atomic E-state index is 9.10. The standard InChI is InChI=1S/C20H32ClNO2.C2H2O4/c1-4-5-6-11-22-12-9-17(20(15-22)23-3)10-13-24-18-7-8-19(21)16(2)14-18;3-1(4)2(5)6/h7-8,14,17,20H,4-6,9-13,15H2,1-3H3;(H,3,4)(H,5,6)/t17-,20+;/m1./s1. The van der Waals surface area contributed by atoms with Crippen LogP contribution >= 0.6 is 11.6 Å². The number of halogens is 1. The average Bonchev–Trinajstić information content (AvgIpc) is 2.72. The van der Waals surface area contributed by atoms with Crippen LogP contribution in [-0.2, 0) is 14.3 Å². The van der Waals surface area contributed by atoms with Crippen LogP contribution in [0.25, 0.3) is 0 Å². The number of carbonyl (C=O) groups is 2. The van der Waals surface area contributed by atoms with Crippen molar-refractivity contribution in [1.82, 2.24) is 4.90 Å². The molecule has 0 radical (unpaired) electrons. The van der Waals surface area contributed by atoms with Crippen molar-refractivity contribution in [3.05, 3.63) is 28.8 Å². The molecule has 7 nitrogen and oxygen atoms in total. The summed E-state index contributed by atoms with van der Waals surface area (Å²) in [5.41, 5.74) is 1.06. The van der Waals surface area contributed by atoms with E-state index in [-0.39, 0.29) is 0 Å². The van der Waals surface area contributed by atoms with E-state index in [0.29, 0.717) is 12.0 Å². The molecule has 1 aliphatic heterocycles. The van der Waals surface area contributed by atoms with Gasteiger partial charge in [-0.1, -0.05) is 31.4 Å². The highest BCUT2D eigenvalue weighted by Crippen LogP contribution is 2.25. The maximum atomic E-state index is 9.10. The smallest absolute Gasteiger partial charge is 0.414 e. The summed E-state index contributed by atoms with van der Waals surface area (Å²) >= 11 is 6.06. The molecule has 0 unspecified atom stereocenters. The molecule has 170 valence electrons. The molecule has 2 atom stereocenters. The monoisotopic (exact) mass is 443 g/mol. The molecule has 1 aromatic carbocycles. The van der Waals surface area contributed by atoms with Crippen molar-refractivity contribution in [3.63, 3.8) is 0 Å². The zero-order chi connectivity index (χ0) is 22.5. The summed E-state index contributed by atoms with van der Waals surface area (Å²) in [6.07, 6.45) is 6.49. The minimum absolute atomic E-state index is 0.330. The van der Waals surface area contributed by atoms with Gasteiger partial charge >= 0.3 is 11.9 Å². The first-order valence-corrected chi connectivity index (χ1v) is 10.8. The highest BCUT2D eigenvalue weighted by Gasteiger charge is 2.28. The van der Waals surface area contributed by atoms with Crippen LogP contribution in [0.5, 0.6) is 5.75 Å². The third-order valence-electron chi connectivity index (χ3n) is 5.23. The fourth-order valence-electron chi connectivity index (χ4n) is 3.45. The van der Waals surface area contributed by atoms with Gasteiger partial charge in [-0.2, -0.15) is 0 Å². The van der Waals surface area contributed by atoms with E-state index in [1.54, 1.807) is 0 Å². The second-order valence-corrected chi connectivity index (χ2v) is 7.90. The quantitative estimate of drug-likeness (QED) is 0.438. The number of methoxy groups -OCH3 is 1. The molecule has 1 fully saturated rings. The maximum Gasteiger partial charge on any atom is 0.414 e. The molecule has 0 bridgehead atoms. The third-order valence-corrected chi connectivity index (χ3v) is 5.65. The number of aryl methyl sites for hydroxylation is 1. The first-order chi connectivity index (χ1) is 14.3. The molecule has 0 amide bonds.